The number of aliphatic hydroxyl groups excluding tert-OH is 2. The number of amides is 1. The van der Waals surface area contributed by atoms with E-state index < -0.39 is 41.7 Å². The second-order valence-corrected chi connectivity index (χ2v) is 10.7. The molecule has 1 saturated carbocycles. The zero-order valence-electron chi connectivity index (χ0n) is 21.2. The number of thiazole rings is 1. The van der Waals surface area contributed by atoms with Crippen molar-refractivity contribution in [1.29, 1.82) is 5.41 Å². The number of allylic oxidation sites excluding steroid dienone is 2. The number of halogens is 1. The number of alkyl halides is 1. The fourth-order valence-electron chi connectivity index (χ4n) is 4.89. The minimum atomic E-state index is -1.89. The number of Topliss-reactive ketones (excluding diaryl/α,β-unsaturated/α-hetero) is 1. The molecule has 4 N–H and O–H groups in total. The zero-order valence-corrected chi connectivity index (χ0v) is 22.0. The zero-order chi connectivity index (χ0) is 26.7. The standard InChI is InChI=1S/C27H34FN3O4S/c1-13(2)22(20(32)9-15(4)29)25(34)19-10-21(33)24(28)23(19)27(35)30-11-18-7-6-17(8-14(18)3)26-16(5)31-12-36-26/h6-9,12-13,19,21-24,29,32-33H,10-11H2,1-5H3,(H,30,35)/b20-9-,29-15?/t19?,21-,22?,23-,24?/m0/s1. The molecule has 0 radical (unpaired) electrons. The molecule has 1 aliphatic rings. The van der Waals surface area contributed by atoms with Crippen LogP contribution in [0.2, 0.25) is 0 Å². The number of aliphatic hydroxyl groups is 2. The Balaban J connectivity index is 1.77. The molecule has 36 heavy (non-hydrogen) atoms. The molecule has 0 spiro atoms. The summed E-state index contributed by atoms with van der Waals surface area (Å²) in [6.07, 6.45) is -2.34. The Morgan fingerprint density at radius 3 is 2.58 bits per heavy atom. The number of benzene rings is 1. The highest BCUT2D eigenvalue weighted by Gasteiger charge is 2.52. The van der Waals surface area contributed by atoms with Gasteiger partial charge in [0.2, 0.25) is 5.91 Å². The van der Waals surface area contributed by atoms with Crippen molar-refractivity contribution in [3.63, 3.8) is 0 Å². The van der Waals surface area contributed by atoms with E-state index in [1.54, 1.807) is 30.7 Å². The van der Waals surface area contributed by atoms with Gasteiger partial charge in [0.25, 0.3) is 0 Å². The topological polar surface area (TPSA) is 123 Å². The Kier molecular flexibility index (Phi) is 8.79. The highest BCUT2D eigenvalue weighted by molar-refractivity contribution is 7.13. The summed E-state index contributed by atoms with van der Waals surface area (Å²) in [5, 5.41) is 31.0. The fourth-order valence-corrected chi connectivity index (χ4v) is 5.69. The van der Waals surface area contributed by atoms with Crippen LogP contribution in [-0.2, 0) is 16.1 Å². The number of rotatable bonds is 9. The summed E-state index contributed by atoms with van der Waals surface area (Å²) >= 11 is 1.55. The molecule has 2 aromatic rings. The van der Waals surface area contributed by atoms with Crippen LogP contribution in [0, 0.1) is 42.9 Å². The van der Waals surface area contributed by atoms with Gasteiger partial charge in [-0.05, 0) is 55.9 Å². The van der Waals surface area contributed by atoms with Crippen molar-refractivity contribution >= 4 is 28.7 Å². The molecular weight excluding hydrogens is 481 g/mol. The molecule has 194 valence electrons. The lowest BCUT2D eigenvalue weighted by molar-refractivity contribution is -0.136. The van der Waals surface area contributed by atoms with E-state index in [-0.39, 0.29) is 30.4 Å². The summed E-state index contributed by atoms with van der Waals surface area (Å²) in [7, 11) is 0. The van der Waals surface area contributed by atoms with Crippen molar-refractivity contribution in [3.8, 4) is 10.4 Å². The quantitative estimate of drug-likeness (QED) is 0.285. The minimum Gasteiger partial charge on any atom is -0.511 e. The van der Waals surface area contributed by atoms with Gasteiger partial charge < -0.3 is 20.9 Å². The van der Waals surface area contributed by atoms with E-state index in [0.29, 0.717) is 0 Å². The lowest BCUT2D eigenvalue weighted by atomic mass is 9.78. The van der Waals surface area contributed by atoms with Crippen LogP contribution in [0.4, 0.5) is 4.39 Å². The van der Waals surface area contributed by atoms with Gasteiger partial charge in [-0.3, -0.25) is 9.59 Å². The molecule has 3 unspecified atom stereocenters. The molecule has 1 aliphatic carbocycles. The number of nitrogens with zero attached hydrogens (tertiary/aromatic N) is 1. The van der Waals surface area contributed by atoms with Gasteiger partial charge in [0.15, 0.2) is 0 Å². The van der Waals surface area contributed by atoms with Crippen LogP contribution >= 0.6 is 11.3 Å². The maximum Gasteiger partial charge on any atom is 0.227 e. The molecule has 1 heterocycles. The monoisotopic (exact) mass is 515 g/mol. The number of aromatic nitrogens is 1. The van der Waals surface area contributed by atoms with Gasteiger partial charge >= 0.3 is 0 Å². The molecule has 0 saturated heterocycles. The second kappa shape index (κ2) is 11.4. The molecule has 1 aromatic heterocycles. The smallest absolute Gasteiger partial charge is 0.227 e. The Labute approximate surface area is 215 Å². The Hall–Kier alpha value is -2.91. The predicted octanol–water partition coefficient (Wildman–Crippen LogP) is 4.70. The van der Waals surface area contributed by atoms with Crippen molar-refractivity contribution in [2.75, 3.05) is 0 Å². The molecule has 1 aromatic carbocycles. The lowest BCUT2D eigenvalue weighted by Crippen LogP contribution is -2.42. The maximum atomic E-state index is 15.0. The van der Waals surface area contributed by atoms with Crippen LogP contribution in [-0.4, -0.2) is 44.9 Å². The van der Waals surface area contributed by atoms with E-state index in [2.05, 4.69) is 10.3 Å². The van der Waals surface area contributed by atoms with Gasteiger partial charge in [-0.15, -0.1) is 11.3 Å². The van der Waals surface area contributed by atoms with Gasteiger partial charge in [-0.1, -0.05) is 32.0 Å². The molecular formula is C27H34FN3O4S. The molecule has 0 bridgehead atoms. The van der Waals surface area contributed by atoms with Crippen LogP contribution in [0.5, 0.6) is 0 Å². The molecule has 3 rings (SSSR count). The van der Waals surface area contributed by atoms with E-state index in [4.69, 9.17) is 5.41 Å². The number of aryl methyl sites for hydroxylation is 2. The third-order valence-corrected chi connectivity index (χ3v) is 7.74. The fraction of sp³-hybridized carbons (Fsp3) is 0.481. The number of hydrogen-bond acceptors (Lipinski definition) is 7. The number of carbonyl (C=O) groups is 2. The molecule has 5 atom stereocenters. The van der Waals surface area contributed by atoms with Crippen molar-refractivity contribution in [2.24, 2.45) is 23.7 Å². The highest BCUT2D eigenvalue weighted by atomic mass is 32.1. The number of ketones is 1. The van der Waals surface area contributed by atoms with E-state index in [0.717, 1.165) is 27.3 Å². The third-order valence-electron chi connectivity index (χ3n) is 6.77. The molecule has 1 amide bonds. The van der Waals surface area contributed by atoms with E-state index in [1.807, 2.05) is 32.0 Å². The largest absolute Gasteiger partial charge is 0.511 e. The minimum absolute atomic E-state index is 0.0713. The second-order valence-electron chi connectivity index (χ2n) is 9.88. The average Bonchev–Trinajstić information content (AvgIpc) is 3.34. The summed E-state index contributed by atoms with van der Waals surface area (Å²) in [5.74, 6) is -5.20. The first-order chi connectivity index (χ1) is 16.9. The molecule has 9 heteroatoms. The first-order valence-corrected chi connectivity index (χ1v) is 12.9. The van der Waals surface area contributed by atoms with Crippen LogP contribution in [0.3, 0.4) is 0 Å². The van der Waals surface area contributed by atoms with Crippen molar-refractivity contribution in [1.82, 2.24) is 10.3 Å². The summed E-state index contributed by atoms with van der Waals surface area (Å²) in [6, 6.07) is 5.87. The molecule has 0 aliphatic heterocycles. The normalized spacial score (nSPS) is 23.1. The van der Waals surface area contributed by atoms with E-state index in [9.17, 15) is 24.2 Å². The first-order valence-electron chi connectivity index (χ1n) is 12.0. The van der Waals surface area contributed by atoms with Crippen molar-refractivity contribution < 1.29 is 24.2 Å². The van der Waals surface area contributed by atoms with Crippen molar-refractivity contribution in [2.45, 2.75) is 59.9 Å². The van der Waals surface area contributed by atoms with Crippen LogP contribution in [0.25, 0.3) is 10.4 Å². The molecule has 7 nitrogen and oxygen atoms in total. The van der Waals surface area contributed by atoms with Gasteiger partial charge in [0, 0.05) is 18.2 Å². The van der Waals surface area contributed by atoms with E-state index >= 15 is 0 Å². The molecule has 1 fully saturated rings. The number of hydrogen-bond donors (Lipinski definition) is 4. The third kappa shape index (κ3) is 5.90. The van der Waals surface area contributed by atoms with Crippen LogP contribution in [0.1, 0.15) is 44.0 Å². The van der Waals surface area contributed by atoms with Gasteiger partial charge in [0.05, 0.1) is 34.0 Å². The highest BCUT2D eigenvalue weighted by Crippen LogP contribution is 2.39. The Morgan fingerprint density at radius 1 is 1.33 bits per heavy atom. The van der Waals surface area contributed by atoms with Gasteiger partial charge in [-0.2, -0.15) is 0 Å². The Bertz CT molecular complexity index is 1180. The summed E-state index contributed by atoms with van der Waals surface area (Å²) in [4.78, 5) is 31.8. The van der Waals surface area contributed by atoms with E-state index in [1.165, 1.54) is 13.0 Å². The SMILES string of the molecule is CC(=N)/C=C(\O)C(C(=O)C1C[C@H](O)C(F)[C@H]1C(=O)NCc1ccc(-c2scnc2C)cc1C)C(C)C. The Morgan fingerprint density at radius 2 is 2.03 bits per heavy atom. The van der Waals surface area contributed by atoms with Gasteiger partial charge in [-0.25, -0.2) is 9.37 Å². The average molecular weight is 516 g/mol. The number of carbonyl (C=O) groups excluding carboxylic acids is 2. The lowest BCUT2D eigenvalue weighted by Gasteiger charge is -2.26. The first kappa shape index (κ1) is 27.7. The summed E-state index contributed by atoms with van der Waals surface area (Å²) in [5.41, 5.74) is 5.65. The predicted molar refractivity (Wildman–Crippen MR) is 139 cm³/mol. The maximum absolute atomic E-state index is 15.0. The summed E-state index contributed by atoms with van der Waals surface area (Å²) in [6.45, 7) is 8.97. The summed E-state index contributed by atoms with van der Waals surface area (Å²) < 4.78 is 15.0. The van der Waals surface area contributed by atoms with Crippen LogP contribution < -0.4 is 5.32 Å². The van der Waals surface area contributed by atoms with Gasteiger partial charge in [0.1, 0.15) is 17.7 Å². The van der Waals surface area contributed by atoms with Crippen LogP contribution in [0.15, 0.2) is 35.5 Å². The van der Waals surface area contributed by atoms with Crippen molar-refractivity contribution in [3.05, 3.63) is 52.4 Å². The number of nitrogens with one attached hydrogen (secondary N) is 2.